The quantitative estimate of drug-likeness (QED) is 0.573. The van der Waals surface area contributed by atoms with Crippen molar-refractivity contribution in [1.29, 1.82) is 0 Å². The molecule has 0 heterocycles. The predicted octanol–water partition coefficient (Wildman–Crippen LogP) is 3.16. The molecule has 0 aromatic heterocycles. The van der Waals surface area contributed by atoms with Gasteiger partial charge in [0.1, 0.15) is 5.75 Å². The van der Waals surface area contributed by atoms with Gasteiger partial charge >= 0.3 is 0 Å². The molecule has 0 unspecified atom stereocenters. The molecule has 0 atom stereocenters. The molecule has 0 aliphatic carbocycles. The molecule has 0 amide bonds. The fraction of sp³-hybridized carbons (Fsp3) is 0.0556. The van der Waals surface area contributed by atoms with Crippen LogP contribution < -0.4 is 9.57 Å². The van der Waals surface area contributed by atoms with E-state index in [0.717, 1.165) is 16.7 Å². The molecule has 3 rings (SSSR count). The monoisotopic (exact) mass is 340 g/mol. The van der Waals surface area contributed by atoms with Crippen molar-refractivity contribution in [2.75, 3.05) is 7.11 Å². The number of nitrogens with one attached hydrogen (secondary N) is 1. The van der Waals surface area contributed by atoms with Crippen molar-refractivity contribution in [1.82, 2.24) is 4.83 Å². The minimum absolute atomic E-state index is 0.201. The summed E-state index contributed by atoms with van der Waals surface area (Å²) in [7, 11) is -2.16. The summed E-state index contributed by atoms with van der Waals surface area (Å²) in [6, 6.07) is 19.6. The Kier molecular flexibility index (Phi) is 4.48. The number of ether oxygens (including phenoxy) is 1. The average Bonchev–Trinajstić information content (AvgIpc) is 2.61. The van der Waals surface area contributed by atoms with Crippen molar-refractivity contribution in [3.05, 3.63) is 72.3 Å². The van der Waals surface area contributed by atoms with E-state index in [-0.39, 0.29) is 4.90 Å². The van der Waals surface area contributed by atoms with Crippen LogP contribution >= 0.6 is 0 Å². The second-order valence-corrected chi connectivity index (χ2v) is 6.73. The molecule has 0 saturated heterocycles. The SMILES string of the molecule is COc1ccc(/C=N\NS(=O)(=O)c2cccc3ccccc23)cc1. The molecule has 1 N–H and O–H groups in total. The van der Waals surface area contributed by atoms with E-state index in [1.807, 2.05) is 24.3 Å². The largest absolute Gasteiger partial charge is 0.497 e. The summed E-state index contributed by atoms with van der Waals surface area (Å²) in [5.41, 5.74) is 0.761. The number of sulfonamides is 1. The number of nitrogens with zero attached hydrogens (tertiary/aromatic N) is 1. The molecule has 0 aliphatic heterocycles. The highest BCUT2D eigenvalue weighted by Crippen LogP contribution is 2.22. The summed E-state index contributed by atoms with van der Waals surface area (Å²) in [5.74, 6) is 0.725. The first-order chi connectivity index (χ1) is 11.6. The van der Waals surface area contributed by atoms with Crippen molar-refractivity contribution < 1.29 is 13.2 Å². The topological polar surface area (TPSA) is 67.8 Å². The van der Waals surface area contributed by atoms with Crippen LogP contribution in [0.5, 0.6) is 5.75 Å². The zero-order valence-corrected chi connectivity index (χ0v) is 13.8. The van der Waals surface area contributed by atoms with E-state index < -0.39 is 10.0 Å². The number of hydrogen-bond donors (Lipinski definition) is 1. The third-order valence-corrected chi connectivity index (χ3v) is 4.82. The fourth-order valence-electron chi connectivity index (χ4n) is 2.34. The Morgan fingerprint density at radius 2 is 1.67 bits per heavy atom. The van der Waals surface area contributed by atoms with Crippen molar-refractivity contribution in [3.8, 4) is 5.75 Å². The minimum atomic E-state index is -3.74. The lowest BCUT2D eigenvalue weighted by molar-refractivity contribution is 0.415. The van der Waals surface area contributed by atoms with Gasteiger partial charge in [-0.3, -0.25) is 0 Å². The lowest BCUT2D eigenvalue weighted by atomic mass is 10.1. The lowest BCUT2D eigenvalue weighted by Crippen LogP contribution is -2.18. The van der Waals surface area contributed by atoms with E-state index in [1.165, 1.54) is 6.21 Å². The van der Waals surface area contributed by atoms with Crippen molar-refractivity contribution in [2.24, 2.45) is 5.10 Å². The van der Waals surface area contributed by atoms with Gasteiger partial charge in [0.05, 0.1) is 18.2 Å². The molecule has 24 heavy (non-hydrogen) atoms. The summed E-state index contributed by atoms with van der Waals surface area (Å²) >= 11 is 0. The Hall–Kier alpha value is -2.86. The molecule has 0 bridgehead atoms. The maximum absolute atomic E-state index is 12.5. The maximum atomic E-state index is 12.5. The zero-order chi connectivity index (χ0) is 17.0. The van der Waals surface area contributed by atoms with Gasteiger partial charge in [-0.2, -0.15) is 13.5 Å². The van der Waals surface area contributed by atoms with Crippen LogP contribution in [0.3, 0.4) is 0 Å². The number of fused-ring (bicyclic) bond motifs is 1. The summed E-state index contributed by atoms with van der Waals surface area (Å²) in [5, 5.41) is 5.37. The van der Waals surface area contributed by atoms with Crippen LogP contribution in [0.2, 0.25) is 0 Å². The summed E-state index contributed by atoms with van der Waals surface area (Å²) in [6.07, 6.45) is 1.45. The van der Waals surface area contributed by atoms with Gasteiger partial charge in [-0.25, -0.2) is 4.83 Å². The molecule has 0 saturated carbocycles. The Labute approximate surface area is 140 Å². The molecule has 0 fully saturated rings. The molecule has 6 heteroatoms. The van der Waals surface area contributed by atoms with Gasteiger partial charge in [-0.15, -0.1) is 0 Å². The van der Waals surface area contributed by atoms with Crippen LogP contribution in [0, 0.1) is 0 Å². The maximum Gasteiger partial charge on any atom is 0.277 e. The molecular weight excluding hydrogens is 324 g/mol. The number of benzene rings is 3. The average molecular weight is 340 g/mol. The van der Waals surface area contributed by atoms with Gasteiger partial charge in [0.15, 0.2) is 0 Å². The van der Waals surface area contributed by atoms with Gasteiger partial charge in [0.2, 0.25) is 0 Å². The van der Waals surface area contributed by atoms with Gasteiger partial charge in [0.25, 0.3) is 10.0 Å². The number of hydrogen-bond acceptors (Lipinski definition) is 4. The standard InChI is InChI=1S/C18H16N2O3S/c1-23-16-11-9-14(10-12-16)13-19-20-24(21,22)18-8-4-6-15-5-2-3-7-17(15)18/h2-13,20H,1H3/b19-13-. The Morgan fingerprint density at radius 1 is 0.958 bits per heavy atom. The van der Waals surface area contributed by atoms with Crippen LogP contribution in [-0.2, 0) is 10.0 Å². The molecular formula is C18H16N2O3S. The van der Waals surface area contributed by atoms with E-state index in [9.17, 15) is 8.42 Å². The molecule has 0 aliphatic rings. The van der Waals surface area contributed by atoms with E-state index in [1.54, 1.807) is 49.6 Å². The Morgan fingerprint density at radius 3 is 2.42 bits per heavy atom. The highest BCUT2D eigenvalue weighted by atomic mass is 32.2. The molecule has 3 aromatic carbocycles. The van der Waals surface area contributed by atoms with Crippen LogP contribution in [0.25, 0.3) is 10.8 Å². The predicted molar refractivity (Wildman–Crippen MR) is 94.9 cm³/mol. The fourth-order valence-corrected chi connectivity index (χ4v) is 3.36. The Balaban J connectivity index is 1.84. The molecule has 5 nitrogen and oxygen atoms in total. The summed E-state index contributed by atoms with van der Waals surface area (Å²) < 4.78 is 30.1. The van der Waals surface area contributed by atoms with Crippen LogP contribution in [0.15, 0.2) is 76.7 Å². The lowest BCUT2D eigenvalue weighted by Gasteiger charge is -2.07. The smallest absolute Gasteiger partial charge is 0.277 e. The Bertz CT molecular complexity index is 975. The van der Waals surface area contributed by atoms with Crippen LogP contribution in [0.1, 0.15) is 5.56 Å². The zero-order valence-electron chi connectivity index (χ0n) is 13.0. The van der Waals surface area contributed by atoms with Gasteiger partial charge in [-0.1, -0.05) is 36.4 Å². The van der Waals surface area contributed by atoms with E-state index in [0.29, 0.717) is 5.39 Å². The number of hydrazone groups is 1. The number of rotatable bonds is 5. The molecule has 3 aromatic rings. The highest BCUT2D eigenvalue weighted by Gasteiger charge is 2.15. The molecule has 0 spiro atoms. The second-order valence-electron chi connectivity index (χ2n) is 5.10. The van der Waals surface area contributed by atoms with E-state index >= 15 is 0 Å². The highest BCUT2D eigenvalue weighted by molar-refractivity contribution is 7.89. The van der Waals surface area contributed by atoms with Gasteiger partial charge in [0, 0.05) is 5.39 Å². The normalized spacial score (nSPS) is 11.7. The van der Waals surface area contributed by atoms with Crippen molar-refractivity contribution >= 4 is 27.0 Å². The van der Waals surface area contributed by atoms with Gasteiger partial charge < -0.3 is 4.74 Å². The van der Waals surface area contributed by atoms with Crippen LogP contribution in [0.4, 0.5) is 0 Å². The second kappa shape index (κ2) is 6.72. The third kappa shape index (κ3) is 3.38. The molecule has 122 valence electrons. The third-order valence-electron chi connectivity index (χ3n) is 3.54. The first-order valence-electron chi connectivity index (χ1n) is 7.27. The first kappa shape index (κ1) is 16.0. The number of methoxy groups -OCH3 is 1. The first-order valence-corrected chi connectivity index (χ1v) is 8.75. The summed E-state index contributed by atoms with van der Waals surface area (Å²) in [4.78, 5) is 2.46. The van der Waals surface area contributed by atoms with Crippen molar-refractivity contribution in [3.63, 3.8) is 0 Å². The molecule has 0 radical (unpaired) electrons. The van der Waals surface area contributed by atoms with E-state index in [2.05, 4.69) is 9.93 Å². The van der Waals surface area contributed by atoms with Crippen LogP contribution in [-0.4, -0.2) is 21.7 Å². The van der Waals surface area contributed by atoms with E-state index in [4.69, 9.17) is 4.74 Å². The minimum Gasteiger partial charge on any atom is -0.497 e. The van der Waals surface area contributed by atoms with Crippen molar-refractivity contribution in [2.45, 2.75) is 4.90 Å². The van der Waals surface area contributed by atoms with Gasteiger partial charge in [-0.05, 0) is 41.3 Å². The summed E-state index contributed by atoms with van der Waals surface area (Å²) in [6.45, 7) is 0.